The van der Waals surface area contributed by atoms with Crippen LogP contribution in [0.1, 0.15) is 18.1 Å². The van der Waals surface area contributed by atoms with Crippen LogP contribution in [0.4, 0.5) is 5.82 Å². The fourth-order valence-electron chi connectivity index (χ4n) is 2.52. The van der Waals surface area contributed by atoms with Gasteiger partial charge in [0.15, 0.2) is 5.82 Å². The van der Waals surface area contributed by atoms with Gasteiger partial charge < -0.3 is 0 Å². The van der Waals surface area contributed by atoms with Crippen LogP contribution < -0.4 is 4.72 Å². The molecule has 0 bridgehead atoms. The van der Waals surface area contributed by atoms with Crippen molar-refractivity contribution in [3.05, 3.63) is 71.8 Å². The van der Waals surface area contributed by atoms with Crippen molar-refractivity contribution >= 4 is 15.8 Å². The maximum absolute atomic E-state index is 12.4. The van der Waals surface area contributed by atoms with Crippen molar-refractivity contribution in [3.63, 3.8) is 0 Å². The third-order valence-corrected chi connectivity index (χ3v) is 5.28. The van der Waals surface area contributed by atoms with Gasteiger partial charge in [0, 0.05) is 5.56 Å². The zero-order valence-electron chi connectivity index (χ0n) is 14.1. The molecular formula is C19H19N3O2S. The van der Waals surface area contributed by atoms with E-state index in [1.54, 1.807) is 36.4 Å². The maximum Gasteiger partial charge on any atom is 0.263 e. The van der Waals surface area contributed by atoms with Crippen LogP contribution in [0.25, 0.3) is 11.3 Å². The first kappa shape index (κ1) is 17.1. The summed E-state index contributed by atoms with van der Waals surface area (Å²) in [4.78, 5) is 0.195. The topological polar surface area (TPSA) is 72.0 Å². The molecule has 5 nitrogen and oxygen atoms in total. The van der Waals surface area contributed by atoms with Gasteiger partial charge in [-0.3, -0.25) is 4.72 Å². The van der Waals surface area contributed by atoms with Crippen molar-refractivity contribution in [1.29, 1.82) is 0 Å². The summed E-state index contributed by atoms with van der Waals surface area (Å²) in [6.45, 7) is 3.98. The minimum Gasteiger partial charge on any atom is -0.262 e. The summed E-state index contributed by atoms with van der Waals surface area (Å²) in [5.74, 6) is 0.193. The number of anilines is 1. The lowest BCUT2D eigenvalue weighted by molar-refractivity contribution is 0.601. The van der Waals surface area contributed by atoms with Crippen LogP contribution >= 0.6 is 0 Å². The Labute approximate surface area is 147 Å². The van der Waals surface area contributed by atoms with Gasteiger partial charge in [0.1, 0.15) is 0 Å². The Hall–Kier alpha value is -2.73. The third kappa shape index (κ3) is 3.85. The molecule has 0 aliphatic rings. The molecule has 0 radical (unpaired) electrons. The average molecular weight is 353 g/mol. The van der Waals surface area contributed by atoms with E-state index in [0.29, 0.717) is 0 Å². The maximum atomic E-state index is 12.4. The molecule has 0 fully saturated rings. The molecule has 1 N–H and O–H groups in total. The monoisotopic (exact) mass is 353 g/mol. The molecule has 128 valence electrons. The highest BCUT2D eigenvalue weighted by molar-refractivity contribution is 7.92. The van der Waals surface area contributed by atoms with E-state index in [2.05, 4.69) is 21.8 Å². The first-order valence-corrected chi connectivity index (χ1v) is 9.49. The average Bonchev–Trinajstić information content (AvgIpc) is 2.62. The Morgan fingerprint density at radius 2 is 1.64 bits per heavy atom. The van der Waals surface area contributed by atoms with E-state index in [9.17, 15) is 8.42 Å². The lowest BCUT2D eigenvalue weighted by Gasteiger charge is -2.09. The predicted octanol–water partition coefficient (Wildman–Crippen LogP) is 3.82. The Bertz CT molecular complexity index is 966. The van der Waals surface area contributed by atoms with Gasteiger partial charge in [-0.1, -0.05) is 48.9 Å². The number of sulfonamides is 1. The molecule has 1 heterocycles. The SMILES string of the molecule is CCc1ccccc1-c1ccc(NS(=O)(=O)c2ccc(C)cc2)nn1. The van der Waals surface area contributed by atoms with Crippen molar-refractivity contribution in [2.75, 3.05) is 4.72 Å². The fraction of sp³-hybridized carbons (Fsp3) is 0.158. The van der Waals surface area contributed by atoms with Crippen LogP contribution in [0.3, 0.4) is 0 Å². The van der Waals surface area contributed by atoms with Gasteiger partial charge in [-0.25, -0.2) is 8.42 Å². The van der Waals surface area contributed by atoms with Crippen LogP contribution in [0, 0.1) is 6.92 Å². The molecule has 25 heavy (non-hydrogen) atoms. The molecule has 0 spiro atoms. The quantitative estimate of drug-likeness (QED) is 0.757. The highest BCUT2D eigenvalue weighted by Crippen LogP contribution is 2.23. The van der Waals surface area contributed by atoms with E-state index in [1.807, 2.05) is 31.2 Å². The minimum absolute atomic E-state index is 0.193. The van der Waals surface area contributed by atoms with Crippen LogP contribution in [0.2, 0.25) is 0 Å². The van der Waals surface area contributed by atoms with E-state index in [1.165, 1.54) is 5.56 Å². The minimum atomic E-state index is -3.67. The summed E-state index contributed by atoms with van der Waals surface area (Å²) in [5.41, 5.74) is 3.89. The second-order valence-corrected chi connectivity index (χ2v) is 7.42. The molecular weight excluding hydrogens is 334 g/mol. The third-order valence-electron chi connectivity index (χ3n) is 3.91. The summed E-state index contributed by atoms with van der Waals surface area (Å²) in [6.07, 6.45) is 0.889. The zero-order valence-corrected chi connectivity index (χ0v) is 14.9. The van der Waals surface area contributed by atoms with E-state index < -0.39 is 10.0 Å². The molecule has 0 saturated heterocycles. The molecule has 3 aromatic rings. The number of nitrogens with one attached hydrogen (secondary N) is 1. The fourth-order valence-corrected chi connectivity index (χ4v) is 3.52. The molecule has 1 aromatic heterocycles. The molecule has 6 heteroatoms. The van der Waals surface area contributed by atoms with Crippen molar-refractivity contribution in [2.45, 2.75) is 25.2 Å². The number of hydrogen-bond acceptors (Lipinski definition) is 4. The summed E-state index contributed by atoms with van der Waals surface area (Å²) < 4.78 is 27.2. The van der Waals surface area contributed by atoms with Crippen LogP contribution in [0.5, 0.6) is 0 Å². The van der Waals surface area contributed by atoms with Gasteiger partial charge in [-0.05, 0) is 43.2 Å². The molecule has 3 rings (SSSR count). The Morgan fingerprint density at radius 3 is 2.28 bits per heavy atom. The molecule has 0 amide bonds. The van der Waals surface area contributed by atoms with Crippen LogP contribution in [0.15, 0.2) is 65.6 Å². The highest BCUT2D eigenvalue weighted by Gasteiger charge is 2.15. The summed E-state index contributed by atoms with van der Waals surface area (Å²) in [5, 5.41) is 8.19. The zero-order chi connectivity index (χ0) is 17.9. The van der Waals surface area contributed by atoms with Gasteiger partial charge in [0.2, 0.25) is 0 Å². The van der Waals surface area contributed by atoms with Gasteiger partial charge in [-0.2, -0.15) is 0 Å². The van der Waals surface area contributed by atoms with E-state index in [0.717, 1.165) is 23.2 Å². The van der Waals surface area contributed by atoms with Gasteiger partial charge in [-0.15, -0.1) is 10.2 Å². The standard InChI is InChI=1S/C19H19N3O2S/c1-3-15-6-4-5-7-17(15)18-12-13-19(21-20-18)22-25(23,24)16-10-8-14(2)9-11-16/h4-13H,3H2,1-2H3,(H,21,22). The Balaban J connectivity index is 1.84. The van der Waals surface area contributed by atoms with Crippen LogP contribution in [-0.4, -0.2) is 18.6 Å². The van der Waals surface area contributed by atoms with Crippen molar-refractivity contribution in [2.24, 2.45) is 0 Å². The molecule has 0 unspecified atom stereocenters. The summed E-state index contributed by atoms with van der Waals surface area (Å²) in [6, 6.07) is 18.0. The largest absolute Gasteiger partial charge is 0.263 e. The van der Waals surface area contributed by atoms with Crippen molar-refractivity contribution in [3.8, 4) is 11.3 Å². The molecule has 2 aromatic carbocycles. The van der Waals surface area contributed by atoms with Crippen molar-refractivity contribution in [1.82, 2.24) is 10.2 Å². The second-order valence-electron chi connectivity index (χ2n) is 5.73. The number of rotatable bonds is 5. The molecule has 0 aliphatic heterocycles. The first-order valence-electron chi connectivity index (χ1n) is 8.01. The summed E-state index contributed by atoms with van der Waals surface area (Å²) >= 11 is 0. The predicted molar refractivity (Wildman–Crippen MR) is 98.8 cm³/mol. The second kappa shape index (κ2) is 7.03. The molecule has 0 saturated carbocycles. The van der Waals surface area contributed by atoms with E-state index in [4.69, 9.17) is 0 Å². The lowest BCUT2D eigenvalue weighted by atomic mass is 10.0. The number of benzene rings is 2. The van der Waals surface area contributed by atoms with Gasteiger partial charge in [0.25, 0.3) is 10.0 Å². The van der Waals surface area contributed by atoms with E-state index >= 15 is 0 Å². The molecule has 0 atom stereocenters. The van der Waals surface area contributed by atoms with Gasteiger partial charge >= 0.3 is 0 Å². The normalized spacial score (nSPS) is 11.3. The number of aryl methyl sites for hydroxylation is 2. The smallest absolute Gasteiger partial charge is 0.262 e. The number of nitrogens with zero attached hydrogens (tertiary/aromatic N) is 2. The number of aromatic nitrogens is 2. The van der Waals surface area contributed by atoms with E-state index in [-0.39, 0.29) is 10.7 Å². The lowest BCUT2D eigenvalue weighted by Crippen LogP contribution is -2.14. The van der Waals surface area contributed by atoms with Crippen LogP contribution in [-0.2, 0) is 16.4 Å². The summed E-state index contributed by atoms with van der Waals surface area (Å²) in [7, 11) is -3.67. The highest BCUT2D eigenvalue weighted by atomic mass is 32.2. The number of hydrogen-bond donors (Lipinski definition) is 1. The first-order chi connectivity index (χ1) is 12.0. The Kier molecular flexibility index (Phi) is 4.81. The van der Waals surface area contributed by atoms with Crippen molar-refractivity contribution < 1.29 is 8.42 Å². The van der Waals surface area contributed by atoms with Gasteiger partial charge in [0.05, 0.1) is 10.6 Å². The molecule has 0 aliphatic carbocycles. The Morgan fingerprint density at radius 1 is 0.920 bits per heavy atom.